The lowest BCUT2D eigenvalue weighted by Crippen LogP contribution is -2.39. The molecule has 0 aromatic carbocycles. The van der Waals surface area contributed by atoms with E-state index in [0.717, 1.165) is 36.9 Å². The van der Waals surface area contributed by atoms with E-state index in [4.69, 9.17) is 0 Å². The summed E-state index contributed by atoms with van der Waals surface area (Å²) < 4.78 is 0. The molecule has 0 radical (unpaired) electrons. The second kappa shape index (κ2) is 7.42. The van der Waals surface area contributed by atoms with Crippen molar-refractivity contribution < 1.29 is 4.79 Å². The summed E-state index contributed by atoms with van der Waals surface area (Å²) in [6.45, 7) is 2.09. The van der Waals surface area contributed by atoms with Crippen LogP contribution in [-0.4, -0.2) is 33.4 Å². The number of hydrogen-bond acceptors (Lipinski definition) is 5. The van der Waals surface area contributed by atoms with E-state index in [0.29, 0.717) is 12.1 Å². The Morgan fingerprint density at radius 2 is 1.81 bits per heavy atom. The molecule has 0 fully saturated rings. The lowest BCUT2D eigenvalue weighted by atomic mass is 9.92. The Hall–Kier alpha value is -3.10. The van der Waals surface area contributed by atoms with Gasteiger partial charge in [0.25, 0.3) is 11.5 Å². The van der Waals surface area contributed by atoms with Crippen LogP contribution in [-0.2, 0) is 12.8 Å². The minimum absolute atomic E-state index is 0.272. The van der Waals surface area contributed by atoms with Crippen molar-refractivity contribution in [2.24, 2.45) is 0 Å². The molecule has 0 unspecified atom stereocenters. The molecule has 2 aromatic rings. The van der Waals surface area contributed by atoms with Gasteiger partial charge in [-0.3, -0.25) is 24.4 Å². The van der Waals surface area contributed by atoms with E-state index in [-0.39, 0.29) is 23.3 Å². The summed E-state index contributed by atoms with van der Waals surface area (Å²) in [6, 6.07) is 2.28. The number of carbonyl (C=O) groups is 1. The first-order valence-corrected chi connectivity index (χ1v) is 8.56. The molecule has 0 saturated carbocycles. The SMILES string of the molecule is C[C@H](CNc1cc(=O)[nH]c(=O)[nH]1)NC(=O)c1cc(=O)[nH]c2c1CCCC2. The molecule has 9 heteroatoms. The van der Waals surface area contributed by atoms with Crippen molar-refractivity contribution in [2.75, 3.05) is 11.9 Å². The smallest absolute Gasteiger partial charge is 0.327 e. The summed E-state index contributed by atoms with van der Waals surface area (Å²) in [7, 11) is 0. The highest BCUT2D eigenvalue weighted by Crippen LogP contribution is 2.21. The lowest BCUT2D eigenvalue weighted by Gasteiger charge is -2.20. The molecule has 1 atom stereocenters. The fraction of sp³-hybridized carbons (Fsp3) is 0.412. The van der Waals surface area contributed by atoms with E-state index in [1.54, 1.807) is 6.92 Å². The van der Waals surface area contributed by atoms with Crippen LogP contribution in [0.3, 0.4) is 0 Å². The highest BCUT2D eigenvalue weighted by Gasteiger charge is 2.20. The summed E-state index contributed by atoms with van der Waals surface area (Å²) in [4.78, 5) is 54.3. The Bertz CT molecular complexity index is 959. The van der Waals surface area contributed by atoms with Crippen LogP contribution in [0.4, 0.5) is 5.82 Å². The molecule has 2 heterocycles. The number of amides is 1. The monoisotopic (exact) mass is 359 g/mol. The van der Waals surface area contributed by atoms with Gasteiger partial charge in [-0.2, -0.15) is 0 Å². The Kier molecular flexibility index (Phi) is 5.06. The summed E-state index contributed by atoms with van der Waals surface area (Å²) in [5.74, 6) is -0.0312. The molecule has 3 rings (SSSR count). The minimum Gasteiger partial charge on any atom is -0.369 e. The average Bonchev–Trinajstić information content (AvgIpc) is 2.58. The normalized spacial score (nSPS) is 14.3. The number of rotatable bonds is 5. The topological polar surface area (TPSA) is 140 Å². The maximum absolute atomic E-state index is 12.6. The molecule has 0 saturated heterocycles. The Morgan fingerprint density at radius 3 is 2.58 bits per heavy atom. The zero-order chi connectivity index (χ0) is 18.7. The molecule has 1 aliphatic carbocycles. The quantitative estimate of drug-likeness (QED) is 0.505. The third-order valence-corrected chi connectivity index (χ3v) is 4.32. The van der Waals surface area contributed by atoms with Crippen LogP contribution in [0.2, 0.25) is 0 Å². The van der Waals surface area contributed by atoms with Crippen molar-refractivity contribution in [1.82, 2.24) is 20.3 Å². The lowest BCUT2D eigenvalue weighted by molar-refractivity contribution is 0.0940. The van der Waals surface area contributed by atoms with Crippen molar-refractivity contribution in [2.45, 2.75) is 38.6 Å². The molecule has 9 nitrogen and oxygen atoms in total. The fourth-order valence-corrected chi connectivity index (χ4v) is 3.13. The predicted molar refractivity (Wildman–Crippen MR) is 96.8 cm³/mol. The van der Waals surface area contributed by atoms with Crippen molar-refractivity contribution >= 4 is 11.7 Å². The van der Waals surface area contributed by atoms with Crippen LogP contribution in [0.1, 0.15) is 41.4 Å². The van der Waals surface area contributed by atoms with E-state index in [1.165, 1.54) is 12.1 Å². The predicted octanol–water partition coefficient (Wildman–Crippen LogP) is -0.139. The van der Waals surface area contributed by atoms with Gasteiger partial charge in [0.05, 0.1) is 0 Å². The first-order chi connectivity index (χ1) is 12.4. The van der Waals surface area contributed by atoms with Gasteiger partial charge in [-0.15, -0.1) is 0 Å². The van der Waals surface area contributed by atoms with Gasteiger partial charge in [0.1, 0.15) is 5.82 Å². The first kappa shape index (κ1) is 17.7. The Morgan fingerprint density at radius 1 is 1.08 bits per heavy atom. The van der Waals surface area contributed by atoms with E-state index >= 15 is 0 Å². The number of carbonyl (C=O) groups excluding carboxylic acids is 1. The third kappa shape index (κ3) is 4.11. The van der Waals surface area contributed by atoms with Gasteiger partial charge in [-0.05, 0) is 38.2 Å². The van der Waals surface area contributed by atoms with Gasteiger partial charge in [0.15, 0.2) is 0 Å². The second-order valence-corrected chi connectivity index (χ2v) is 6.47. The van der Waals surface area contributed by atoms with Crippen LogP contribution < -0.4 is 27.4 Å². The van der Waals surface area contributed by atoms with Crippen molar-refractivity contribution in [3.63, 3.8) is 0 Å². The molecular weight excluding hydrogens is 338 g/mol. The molecule has 0 aliphatic heterocycles. The van der Waals surface area contributed by atoms with Crippen LogP contribution in [0.25, 0.3) is 0 Å². The number of fused-ring (bicyclic) bond motifs is 1. The highest BCUT2D eigenvalue weighted by atomic mass is 16.2. The number of anilines is 1. The molecule has 5 N–H and O–H groups in total. The largest absolute Gasteiger partial charge is 0.369 e. The molecular formula is C17H21N5O4. The summed E-state index contributed by atoms with van der Waals surface area (Å²) in [6.07, 6.45) is 3.54. The number of H-pyrrole nitrogens is 3. The van der Waals surface area contributed by atoms with Gasteiger partial charge >= 0.3 is 5.69 Å². The van der Waals surface area contributed by atoms with E-state index in [9.17, 15) is 19.2 Å². The molecule has 1 amide bonds. The van der Waals surface area contributed by atoms with Gasteiger partial charge in [0, 0.05) is 36.0 Å². The van der Waals surface area contributed by atoms with Gasteiger partial charge < -0.3 is 15.6 Å². The van der Waals surface area contributed by atoms with Crippen LogP contribution in [0, 0.1) is 0 Å². The third-order valence-electron chi connectivity index (χ3n) is 4.32. The molecule has 26 heavy (non-hydrogen) atoms. The number of aromatic nitrogens is 3. The number of hydrogen-bond donors (Lipinski definition) is 5. The molecule has 1 aliphatic rings. The van der Waals surface area contributed by atoms with Gasteiger partial charge in [-0.1, -0.05) is 0 Å². The number of pyridine rings is 1. The van der Waals surface area contributed by atoms with Crippen molar-refractivity contribution in [3.05, 3.63) is 60.1 Å². The highest BCUT2D eigenvalue weighted by molar-refractivity contribution is 5.96. The van der Waals surface area contributed by atoms with Crippen LogP contribution in [0.5, 0.6) is 0 Å². The summed E-state index contributed by atoms with van der Waals surface area (Å²) in [5.41, 5.74) is 0.783. The fourth-order valence-electron chi connectivity index (χ4n) is 3.13. The van der Waals surface area contributed by atoms with Gasteiger partial charge in [-0.25, -0.2) is 4.79 Å². The minimum atomic E-state index is -0.605. The maximum Gasteiger partial charge on any atom is 0.327 e. The summed E-state index contributed by atoms with van der Waals surface area (Å²) >= 11 is 0. The summed E-state index contributed by atoms with van der Waals surface area (Å²) in [5, 5.41) is 5.74. The zero-order valence-electron chi connectivity index (χ0n) is 14.4. The van der Waals surface area contributed by atoms with Crippen molar-refractivity contribution in [1.29, 1.82) is 0 Å². The first-order valence-electron chi connectivity index (χ1n) is 8.56. The number of nitrogens with one attached hydrogen (secondary N) is 5. The molecule has 0 spiro atoms. The standard InChI is InChI=1S/C17H21N5O4/c1-9(8-18-13-7-15(24)22-17(26)21-13)19-16(25)11-6-14(23)20-12-5-3-2-4-10(11)12/h6-7,9H,2-5,8H2,1H3,(H,19,25)(H,20,23)(H3,18,21,22,24,26)/t9-/m1/s1. The Labute approximate surface area is 148 Å². The van der Waals surface area contributed by atoms with Gasteiger partial charge in [0.2, 0.25) is 5.56 Å². The number of aryl methyl sites for hydroxylation is 1. The second-order valence-electron chi connectivity index (χ2n) is 6.47. The Balaban J connectivity index is 1.68. The number of aromatic amines is 3. The maximum atomic E-state index is 12.6. The van der Waals surface area contributed by atoms with E-state index < -0.39 is 11.2 Å². The zero-order valence-corrected chi connectivity index (χ0v) is 14.4. The molecule has 0 bridgehead atoms. The van der Waals surface area contributed by atoms with Crippen LogP contribution in [0.15, 0.2) is 26.5 Å². The van der Waals surface area contributed by atoms with E-state index in [1.807, 2.05) is 0 Å². The average molecular weight is 359 g/mol. The molecule has 2 aromatic heterocycles. The molecule has 138 valence electrons. The van der Waals surface area contributed by atoms with Crippen molar-refractivity contribution in [3.8, 4) is 0 Å². The van der Waals surface area contributed by atoms with Crippen LogP contribution >= 0.6 is 0 Å². The van der Waals surface area contributed by atoms with E-state index in [2.05, 4.69) is 25.6 Å².